The number of rotatable bonds is 7. The molecule has 212 valence electrons. The molecule has 1 fully saturated rings. The number of ether oxygens (including phenoxy) is 1. The van der Waals surface area contributed by atoms with E-state index < -0.39 is 17.7 Å². The summed E-state index contributed by atoms with van der Waals surface area (Å²) in [4.78, 5) is 27.2. The Morgan fingerprint density at radius 2 is 1.75 bits per heavy atom. The van der Waals surface area contributed by atoms with Crippen LogP contribution < -0.4 is 4.90 Å². The summed E-state index contributed by atoms with van der Waals surface area (Å²) in [6.07, 6.45) is 0.808. The zero-order chi connectivity index (χ0) is 28.8. The van der Waals surface area contributed by atoms with Gasteiger partial charge in [0.1, 0.15) is 5.00 Å². The van der Waals surface area contributed by atoms with Crippen LogP contribution in [0, 0.1) is 6.92 Å². The average Bonchev–Trinajstić information content (AvgIpc) is 3.54. The molecule has 0 amide bonds. The maximum atomic E-state index is 12.6. The lowest BCUT2D eigenvalue weighted by Crippen LogP contribution is -2.48. The van der Waals surface area contributed by atoms with Gasteiger partial charge < -0.3 is 14.7 Å². The molecule has 40 heavy (non-hydrogen) atoms. The monoisotopic (exact) mass is 598 g/mol. The third-order valence-corrected chi connectivity index (χ3v) is 9.59. The minimum Gasteiger partial charge on any atom is -0.479 e. The van der Waals surface area contributed by atoms with Crippen molar-refractivity contribution in [3.05, 3.63) is 52.7 Å². The number of carboxylic acids is 1. The molecule has 7 nitrogen and oxygen atoms in total. The van der Waals surface area contributed by atoms with Crippen LogP contribution in [-0.4, -0.2) is 63.8 Å². The predicted molar refractivity (Wildman–Crippen MR) is 166 cm³/mol. The maximum Gasteiger partial charge on any atom is 0.337 e. The van der Waals surface area contributed by atoms with Gasteiger partial charge in [0, 0.05) is 48.4 Å². The number of nitrogens with zero attached hydrogens (tertiary/aromatic N) is 4. The Hall–Kier alpha value is -2.56. The molecular formula is C30H35ClN4O3S2. The van der Waals surface area contributed by atoms with E-state index in [4.69, 9.17) is 26.3 Å². The number of anilines is 1. The molecule has 1 aliphatic heterocycles. The van der Waals surface area contributed by atoms with Gasteiger partial charge in [0.05, 0.1) is 22.0 Å². The molecule has 0 spiro atoms. The number of aryl methyl sites for hydroxylation is 1. The van der Waals surface area contributed by atoms with Gasteiger partial charge in [-0.15, -0.1) is 11.3 Å². The zero-order valence-corrected chi connectivity index (χ0v) is 26.1. The summed E-state index contributed by atoms with van der Waals surface area (Å²) in [7, 11) is 0. The number of aliphatic carboxylic acids is 1. The Morgan fingerprint density at radius 1 is 1.07 bits per heavy atom. The molecule has 2 aromatic carbocycles. The van der Waals surface area contributed by atoms with E-state index in [1.165, 1.54) is 11.3 Å². The number of fused-ring (bicyclic) bond motifs is 1. The van der Waals surface area contributed by atoms with E-state index >= 15 is 0 Å². The zero-order valence-electron chi connectivity index (χ0n) is 23.7. The van der Waals surface area contributed by atoms with Crippen LogP contribution in [0.25, 0.3) is 31.4 Å². The van der Waals surface area contributed by atoms with Crippen molar-refractivity contribution in [3.8, 4) is 21.1 Å². The van der Waals surface area contributed by atoms with Crippen LogP contribution >= 0.6 is 34.3 Å². The highest BCUT2D eigenvalue weighted by atomic mass is 35.5. The van der Waals surface area contributed by atoms with Crippen LogP contribution in [0.1, 0.15) is 51.8 Å². The molecule has 2 aromatic heterocycles. The van der Waals surface area contributed by atoms with Crippen molar-refractivity contribution in [2.24, 2.45) is 0 Å². The van der Waals surface area contributed by atoms with Crippen molar-refractivity contribution in [1.82, 2.24) is 14.9 Å². The van der Waals surface area contributed by atoms with Crippen LogP contribution in [0.2, 0.25) is 5.02 Å². The normalized spacial score (nSPS) is 15.8. The van der Waals surface area contributed by atoms with Gasteiger partial charge in [-0.25, -0.2) is 14.8 Å². The minimum atomic E-state index is -1.14. The third kappa shape index (κ3) is 6.04. The van der Waals surface area contributed by atoms with Gasteiger partial charge in [0.2, 0.25) is 0 Å². The van der Waals surface area contributed by atoms with Crippen molar-refractivity contribution >= 4 is 55.5 Å². The molecule has 0 radical (unpaired) electrons. The summed E-state index contributed by atoms with van der Waals surface area (Å²) in [5.41, 5.74) is 3.29. The van der Waals surface area contributed by atoms with Crippen LogP contribution in [0.5, 0.6) is 0 Å². The van der Waals surface area contributed by atoms with Gasteiger partial charge >= 0.3 is 5.97 Å². The molecule has 3 heterocycles. The fraction of sp³-hybridized carbons (Fsp3) is 0.433. The van der Waals surface area contributed by atoms with Gasteiger partial charge in [-0.2, -0.15) is 0 Å². The first-order valence-electron chi connectivity index (χ1n) is 13.5. The Balaban J connectivity index is 1.59. The lowest BCUT2D eigenvalue weighted by Gasteiger charge is -2.37. The van der Waals surface area contributed by atoms with Crippen LogP contribution in [0.15, 0.2) is 36.5 Å². The van der Waals surface area contributed by atoms with E-state index in [9.17, 15) is 9.90 Å². The molecule has 0 aliphatic carbocycles. The summed E-state index contributed by atoms with van der Waals surface area (Å²) in [6, 6.07) is 10.0. The van der Waals surface area contributed by atoms with Crippen LogP contribution in [0.3, 0.4) is 0 Å². The lowest BCUT2D eigenvalue weighted by atomic mass is 9.91. The average molecular weight is 599 g/mol. The molecule has 1 saturated heterocycles. The number of piperazine rings is 1. The molecule has 0 saturated carbocycles. The number of carbonyl (C=O) groups is 1. The second-order valence-corrected chi connectivity index (χ2v) is 13.9. The van der Waals surface area contributed by atoms with Gasteiger partial charge in [0.15, 0.2) is 16.1 Å². The van der Waals surface area contributed by atoms with Crippen LogP contribution in [0.4, 0.5) is 5.00 Å². The molecular weight excluding hydrogens is 564 g/mol. The van der Waals surface area contributed by atoms with E-state index in [2.05, 4.69) is 23.6 Å². The summed E-state index contributed by atoms with van der Waals surface area (Å²) in [5, 5.41) is 13.7. The minimum absolute atomic E-state index is 0.555. The third-order valence-electron chi connectivity index (χ3n) is 7.05. The Kier molecular flexibility index (Phi) is 8.23. The van der Waals surface area contributed by atoms with E-state index in [0.717, 1.165) is 68.1 Å². The van der Waals surface area contributed by atoms with Crippen molar-refractivity contribution in [1.29, 1.82) is 0 Å². The van der Waals surface area contributed by atoms with Crippen molar-refractivity contribution in [2.75, 3.05) is 31.1 Å². The fourth-order valence-corrected chi connectivity index (χ4v) is 7.35. The molecule has 1 N–H and O–H groups in total. The fourth-order valence-electron chi connectivity index (χ4n) is 5.10. The van der Waals surface area contributed by atoms with E-state index in [1.807, 2.05) is 64.2 Å². The molecule has 5 rings (SSSR count). The van der Waals surface area contributed by atoms with Gasteiger partial charge in [0.25, 0.3) is 0 Å². The van der Waals surface area contributed by atoms with E-state index in [-0.39, 0.29) is 0 Å². The van der Waals surface area contributed by atoms with Crippen molar-refractivity contribution in [3.63, 3.8) is 0 Å². The first kappa shape index (κ1) is 29.0. The topological polar surface area (TPSA) is 78.8 Å². The number of carboxylic acid groups (broad SMARTS) is 1. The number of hydrogen-bond acceptors (Lipinski definition) is 8. The predicted octanol–water partition coefficient (Wildman–Crippen LogP) is 7.52. The highest BCUT2D eigenvalue weighted by Crippen LogP contribution is 2.45. The van der Waals surface area contributed by atoms with E-state index in [1.54, 1.807) is 11.3 Å². The second-order valence-electron chi connectivity index (χ2n) is 11.4. The summed E-state index contributed by atoms with van der Waals surface area (Å²) in [5.74, 6) is -1.03. The number of hydrogen-bond donors (Lipinski definition) is 1. The number of thiazole rings is 2. The first-order valence-corrected chi connectivity index (χ1v) is 15.5. The van der Waals surface area contributed by atoms with Gasteiger partial charge in [-0.05, 0) is 70.9 Å². The Labute approximate surface area is 248 Å². The molecule has 1 aliphatic rings. The van der Waals surface area contributed by atoms with Crippen LogP contribution in [-0.2, 0) is 9.53 Å². The first-order chi connectivity index (χ1) is 18.9. The highest BCUT2D eigenvalue weighted by Gasteiger charge is 2.32. The molecule has 1 unspecified atom stereocenters. The smallest absolute Gasteiger partial charge is 0.337 e. The largest absolute Gasteiger partial charge is 0.479 e. The van der Waals surface area contributed by atoms with E-state index in [0.29, 0.717) is 16.6 Å². The van der Waals surface area contributed by atoms with Gasteiger partial charge in [-0.3, -0.25) is 4.90 Å². The highest BCUT2D eigenvalue weighted by molar-refractivity contribution is 7.26. The standard InChI is InChI=1S/C30H35ClN4O3S2/c1-17(2)34-11-13-35(14-12-34)22-16-32-27(39-22)28-33-21-15-18(3)23(25(29(36)37)38-30(4,5)6)24(26(21)40-28)19-7-9-20(31)10-8-19/h7-10,15-17,25H,11-14H2,1-6H3,(H,36,37). The van der Waals surface area contributed by atoms with Crippen molar-refractivity contribution in [2.45, 2.75) is 59.3 Å². The molecule has 0 bridgehead atoms. The quantitative estimate of drug-likeness (QED) is 0.236. The SMILES string of the molecule is Cc1cc2nc(-c3ncc(N4CCN(C(C)C)CC4)s3)sc2c(-c2ccc(Cl)cc2)c1C(OC(C)(C)C)C(=O)O. The molecule has 10 heteroatoms. The summed E-state index contributed by atoms with van der Waals surface area (Å²) >= 11 is 9.42. The summed E-state index contributed by atoms with van der Waals surface area (Å²) in [6.45, 7) is 16.1. The Morgan fingerprint density at radius 3 is 2.35 bits per heavy atom. The number of aromatic nitrogens is 2. The van der Waals surface area contributed by atoms with Gasteiger partial charge in [-0.1, -0.05) is 35.1 Å². The summed E-state index contributed by atoms with van der Waals surface area (Å²) < 4.78 is 7.03. The maximum absolute atomic E-state index is 12.6. The Bertz CT molecular complexity index is 1520. The number of benzene rings is 2. The second kappa shape index (κ2) is 11.4. The number of halogens is 1. The lowest BCUT2D eigenvalue weighted by molar-refractivity contribution is -0.160. The molecule has 1 atom stereocenters. The van der Waals surface area contributed by atoms with Crippen molar-refractivity contribution < 1.29 is 14.6 Å². The molecule has 4 aromatic rings.